The fourth-order valence-corrected chi connectivity index (χ4v) is 5.12. The molecule has 1 aromatic heterocycles. The summed E-state index contributed by atoms with van der Waals surface area (Å²) in [6.07, 6.45) is 3.30. The van der Waals surface area contributed by atoms with Crippen LogP contribution < -0.4 is 10.2 Å². The van der Waals surface area contributed by atoms with E-state index in [4.69, 9.17) is 4.99 Å². The molecule has 1 unspecified atom stereocenters. The summed E-state index contributed by atoms with van der Waals surface area (Å²) in [6.45, 7) is 0.529. The van der Waals surface area contributed by atoms with Gasteiger partial charge in [-0.3, -0.25) is 25.0 Å². The smallest absolute Gasteiger partial charge is 0.336 e. The molecule has 1 aromatic carbocycles. The highest BCUT2D eigenvalue weighted by molar-refractivity contribution is 6.19. The molecule has 1 N–H and O–H groups in total. The molecule has 10 heteroatoms. The lowest BCUT2D eigenvalue weighted by atomic mass is 9.95. The number of nitrogens with zero attached hydrogens (tertiary/aromatic N) is 4. The molecule has 1 atom stereocenters. The predicted octanol–water partition coefficient (Wildman–Crippen LogP) is 4.26. The van der Waals surface area contributed by atoms with Crippen LogP contribution in [0.5, 0.6) is 0 Å². The van der Waals surface area contributed by atoms with Gasteiger partial charge in [0, 0.05) is 18.3 Å². The maximum atomic E-state index is 13.2. The van der Waals surface area contributed by atoms with Gasteiger partial charge in [-0.25, -0.2) is 4.79 Å². The van der Waals surface area contributed by atoms with Crippen LogP contribution in [0.2, 0.25) is 0 Å². The number of carbonyl (C=O) groups excluding carboxylic acids is 2. The summed E-state index contributed by atoms with van der Waals surface area (Å²) in [5, 5.41) is 2.93. The van der Waals surface area contributed by atoms with Crippen molar-refractivity contribution in [3.8, 4) is 0 Å². The number of pyridine rings is 1. The van der Waals surface area contributed by atoms with Gasteiger partial charge >= 0.3 is 12.2 Å². The van der Waals surface area contributed by atoms with Gasteiger partial charge in [-0.15, -0.1) is 0 Å². The molecule has 3 aliphatic rings. The van der Waals surface area contributed by atoms with Crippen LogP contribution in [0.4, 0.5) is 23.7 Å². The minimum Gasteiger partial charge on any atom is -0.336 e. The highest BCUT2D eigenvalue weighted by Gasteiger charge is 2.56. The van der Waals surface area contributed by atoms with Crippen molar-refractivity contribution < 1.29 is 22.8 Å². The Morgan fingerprint density at radius 3 is 2.53 bits per heavy atom. The Hall–Kier alpha value is -3.43. The zero-order valence-electron chi connectivity index (χ0n) is 18.4. The number of alkyl halides is 3. The van der Waals surface area contributed by atoms with Crippen LogP contribution in [0.15, 0.2) is 53.8 Å². The van der Waals surface area contributed by atoms with Crippen molar-refractivity contribution in [3.05, 3.63) is 59.9 Å². The Bertz CT molecular complexity index is 1110. The van der Waals surface area contributed by atoms with Crippen LogP contribution >= 0.6 is 0 Å². The van der Waals surface area contributed by atoms with E-state index >= 15 is 0 Å². The fourth-order valence-electron chi connectivity index (χ4n) is 5.12. The normalized spacial score (nSPS) is 24.4. The molecule has 2 aliphatic heterocycles. The third-order valence-corrected chi connectivity index (χ3v) is 6.83. The van der Waals surface area contributed by atoms with Crippen LogP contribution in [0.1, 0.15) is 48.0 Å². The number of rotatable bonds is 3. The molecule has 7 nitrogen and oxygen atoms in total. The van der Waals surface area contributed by atoms with E-state index in [9.17, 15) is 22.8 Å². The summed E-state index contributed by atoms with van der Waals surface area (Å²) < 4.78 is 38.7. The van der Waals surface area contributed by atoms with E-state index in [0.717, 1.165) is 37.8 Å². The molecule has 1 aliphatic carbocycles. The van der Waals surface area contributed by atoms with E-state index in [0.29, 0.717) is 24.5 Å². The molecule has 0 radical (unpaired) electrons. The topological polar surface area (TPSA) is 77.9 Å². The maximum absolute atomic E-state index is 13.2. The molecule has 3 amide bonds. The number of hydrogen-bond donors (Lipinski definition) is 1. The first-order valence-corrected chi connectivity index (χ1v) is 11.3. The van der Waals surface area contributed by atoms with E-state index in [-0.39, 0.29) is 30.1 Å². The van der Waals surface area contributed by atoms with Gasteiger partial charge in [-0.05, 0) is 55.7 Å². The van der Waals surface area contributed by atoms with Crippen molar-refractivity contribution in [1.82, 2.24) is 15.2 Å². The summed E-state index contributed by atoms with van der Waals surface area (Å²) in [5.74, 6) is 0.173. The van der Waals surface area contributed by atoms with Gasteiger partial charge in [0.25, 0.3) is 5.91 Å². The number of amides is 3. The van der Waals surface area contributed by atoms with E-state index < -0.39 is 17.3 Å². The van der Waals surface area contributed by atoms with E-state index in [1.54, 1.807) is 34.3 Å². The number of aromatic nitrogens is 1. The average Bonchev–Trinajstić information content (AvgIpc) is 3.55. The van der Waals surface area contributed by atoms with Crippen LogP contribution in [0, 0.1) is 0 Å². The van der Waals surface area contributed by atoms with Crippen molar-refractivity contribution in [2.24, 2.45) is 4.99 Å². The number of amidine groups is 1. The first kappa shape index (κ1) is 22.4. The molecule has 0 bridgehead atoms. The summed E-state index contributed by atoms with van der Waals surface area (Å²) in [5.41, 5.74) is -0.907. The highest BCUT2D eigenvalue weighted by Crippen LogP contribution is 2.38. The molecular formula is C24H24F3N5O2. The third kappa shape index (κ3) is 3.91. The van der Waals surface area contributed by atoms with Gasteiger partial charge in [-0.2, -0.15) is 13.2 Å². The molecule has 3 heterocycles. The number of benzene rings is 1. The van der Waals surface area contributed by atoms with Crippen molar-refractivity contribution in [2.75, 3.05) is 18.0 Å². The summed E-state index contributed by atoms with van der Waals surface area (Å²) in [4.78, 5) is 38.5. The lowest BCUT2D eigenvalue weighted by Gasteiger charge is -2.33. The SMILES string of the molecule is O=C(c1ccc(C(F)(F)F)cc1)N1CCC2(C1)C(=NC1CCCC1)NC(=O)N2c1cccnc1. The van der Waals surface area contributed by atoms with Gasteiger partial charge < -0.3 is 4.90 Å². The Morgan fingerprint density at radius 1 is 1.15 bits per heavy atom. The molecule has 2 saturated heterocycles. The van der Waals surface area contributed by atoms with E-state index in [2.05, 4.69) is 10.3 Å². The highest BCUT2D eigenvalue weighted by atomic mass is 19.4. The van der Waals surface area contributed by atoms with Crippen molar-refractivity contribution in [2.45, 2.75) is 49.9 Å². The molecule has 1 saturated carbocycles. The zero-order chi connectivity index (χ0) is 23.9. The van der Waals surface area contributed by atoms with Gasteiger partial charge in [0.05, 0.1) is 30.0 Å². The zero-order valence-corrected chi connectivity index (χ0v) is 18.4. The second-order valence-electron chi connectivity index (χ2n) is 8.98. The quantitative estimate of drug-likeness (QED) is 0.727. The standard InChI is InChI=1S/C24H24F3N5O2/c25-24(26,27)17-9-7-16(8-10-17)20(33)31-13-11-23(15-31)21(29-18-4-1-2-5-18)30-22(34)32(23)19-6-3-12-28-14-19/h3,6-10,12,14,18H,1-2,4-5,11,13,15H2,(H,29,30,34). The summed E-state index contributed by atoms with van der Waals surface area (Å²) >= 11 is 0. The minimum absolute atomic E-state index is 0.126. The van der Waals surface area contributed by atoms with Crippen molar-refractivity contribution in [1.29, 1.82) is 0 Å². The lowest BCUT2D eigenvalue weighted by Crippen LogP contribution is -2.53. The Morgan fingerprint density at radius 2 is 1.88 bits per heavy atom. The molecule has 34 heavy (non-hydrogen) atoms. The van der Waals surface area contributed by atoms with Gasteiger partial charge in [0.2, 0.25) is 0 Å². The van der Waals surface area contributed by atoms with Crippen molar-refractivity contribution >= 4 is 23.5 Å². The first-order valence-electron chi connectivity index (χ1n) is 11.3. The second-order valence-corrected chi connectivity index (χ2v) is 8.98. The van der Waals surface area contributed by atoms with Gasteiger partial charge in [0.15, 0.2) is 0 Å². The molecule has 1 spiro atoms. The number of anilines is 1. The number of likely N-dealkylation sites (tertiary alicyclic amines) is 1. The Kier molecular flexibility index (Phi) is 5.53. The number of carbonyl (C=O) groups is 2. The monoisotopic (exact) mass is 471 g/mol. The Labute approximate surface area is 194 Å². The number of aliphatic imine (C=N–C) groups is 1. The largest absolute Gasteiger partial charge is 0.416 e. The molecule has 3 fully saturated rings. The van der Waals surface area contributed by atoms with Gasteiger partial charge in [0.1, 0.15) is 11.4 Å². The second kappa shape index (κ2) is 8.41. The minimum atomic E-state index is -4.47. The predicted molar refractivity (Wildman–Crippen MR) is 120 cm³/mol. The van der Waals surface area contributed by atoms with E-state index in [1.165, 1.54) is 12.1 Å². The fraction of sp³-hybridized carbons (Fsp3) is 0.417. The lowest BCUT2D eigenvalue weighted by molar-refractivity contribution is -0.137. The summed E-state index contributed by atoms with van der Waals surface area (Å²) in [7, 11) is 0. The van der Waals surface area contributed by atoms with Crippen LogP contribution in [-0.2, 0) is 6.18 Å². The first-order chi connectivity index (χ1) is 16.3. The molecule has 178 valence electrons. The molecular weight excluding hydrogens is 447 g/mol. The number of nitrogens with one attached hydrogen (secondary N) is 1. The van der Waals surface area contributed by atoms with Gasteiger partial charge in [-0.1, -0.05) is 12.8 Å². The van der Waals surface area contributed by atoms with E-state index in [1.807, 2.05) is 0 Å². The number of halogens is 3. The maximum Gasteiger partial charge on any atom is 0.416 e. The van der Waals surface area contributed by atoms with Crippen LogP contribution in [-0.4, -0.2) is 52.3 Å². The molecule has 5 rings (SSSR count). The van der Waals surface area contributed by atoms with Crippen LogP contribution in [0.25, 0.3) is 0 Å². The van der Waals surface area contributed by atoms with Crippen LogP contribution in [0.3, 0.4) is 0 Å². The third-order valence-electron chi connectivity index (χ3n) is 6.83. The average molecular weight is 471 g/mol. The molecule has 2 aromatic rings. The Balaban J connectivity index is 1.46. The van der Waals surface area contributed by atoms with Crippen molar-refractivity contribution in [3.63, 3.8) is 0 Å². The number of hydrogen-bond acceptors (Lipinski definition) is 4. The summed E-state index contributed by atoms with van der Waals surface area (Å²) in [6, 6.07) is 7.54. The number of urea groups is 1.